The minimum Gasteiger partial charge on any atom is -0.352 e. The number of halogens is 2. The number of aryl methyl sites for hydroxylation is 1. The molecule has 0 radical (unpaired) electrons. The van der Waals surface area contributed by atoms with Gasteiger partial charge < -0.3 is 10.2 Å². The van der Waals surface area contributed by atoms with E-state index in [4.69, 9.17) is 11.6 Å². The van der Waals surface area contributed by atoms with Crippen LogP contribution in [-0.2, 0) is 32.6 Å². The van der Waals surface area contributed by atoms with Gasteiger partial charge in [-0.05, 0) is 80.4 Å². The standard InChI is InChI=1S/C34H35ClFN3O4S/c1-24(2)37-34(41)32(21-26-8-5-4-6-9-26)38(22-27-10-7-11-28(35)20-27)33(40)23-39(30-16-12-25(3)13-17-30)44(42,43)31-18-14-29(36)15-19-31/h4-20,24,32H,21-23H2,1-3H3,(H,37,41)/t32-/m1/s1. The molecule has 0 spiro atoms. The molecule has 0 aliphatic carbocycles. The van der Waals surface area contributed by atoms with E-state index in [9.17, 15) is 22.4 Å². The lowest BCUT2D eigenvalue weighted by Gasteiger charge is -2.34. The molecule has 0 aliphatic rings. The summed E-state index contributed by atoms with van der Waals surface area (Å²) in [6.07, 6.45) is 0.195. The summed E-state index contributed by atoms with van der Waals surface area (Å²) in [5.74, 6) is -1.56. The van der Waals surface area contributed by atoms with Gasteiger partial charge in [0.2, 0.25) is 11.8 Å². The van der Waals surface area contributed by atoms with Crippen LogP contribution in [0.1, 0.15) is 30.5 Å². The van der Waals surface area contributed by atoms with E-state index < -0.39 is 34.3 Å². The third-order valence-electron chi connectivity index (χ3n) is 6.95. The Labute approximate surface area is 263 Å². The molecule has 7 nitrogen and oxygen atoms in total. The summed E-state index contributed by atoms with van der Waals surface area (Å²) >= 11 is 6.27. The van der Waals surface area contributed by atoms with Crippen LogP contribution in [0.15, 0.2) is 108 Å². The van der Waals surface area contributed by atoms with E-state index in [0.29, 0.717) is 10.6 Å². The molecule has 0 aliphatic heterocycles. The van der Waals surface area contributed by atoms with Gasteiger partial charge in [0.1, 0.15) is 18.4 Å². The number of hydrogen-bond acceptors (Lipinski definition) is 4. The molecule has 0 unspecified atom stereocenters. The maximum atomic E-state index is 14.4. The summed E-state index contributed by atoms with van der Waals surface area (Å²) in [5.41, 5.74) is 2.65. The lowest BCUT2D eigenvalue weighted by atomic mass is 10.0. The molecule has 4 aromatic carbocycles. The smallest absolute Gasteiger partial charge is 0.264 e. The highest BCUT2D eigenvalue weighted by Gasteiger charge is 2.34. The van der Waals surface area contributed by atoms with Gasteiger partial charge in [-0.15, -0.1) is 0 Å². The maximum absolute atomic E-state index is 14.4. The third kappa shape index (κ3) is 8.45. The minimum atomic E-state index is -4.32. The Kier molecular flexibility index (Phi) is 10.8. The summed E-state index contributed by atoms with van der Waals surface area (Å²) < 4.78 is 42.6. The lowest BCUT2D eigenvalue weighted by Crippen LogP contribution is -2.54. The Balaban J connectivity index is 1.80. The van der Waals surface area contributed by atoms with Crippen molar-refractivity contribution in [3.8, 4) is 0 Å². The molecule has 0 saturated heterocycles. The molecule has 2 amide bonds. The summed E-state index contributed by atoms with van der Waals surface area (Å²) in [6.45, 7) is 4.91. The van der Waals surface area contributed by atoms with Crippen LogP contribution >= 0.6 is 11.6 Å². The molecule has 4 aromatic rings. The molecule has 0 aromatic heterocycles. The molecule has 1 N–H and O–H groups in total. The van der Waals surface area contributed by atoms with E-state index in [1.807, 2.05) is 51.1 Å². The van der Waals surface area contributed by atoms with E-state index in [1.54, 1.807) is 48.5 Å². The molecule has 0 saturated carbocycles. The van der Waals surface area contributed by atoms with Crippen molar-refractivity contribution >= 4 is 39.1 Å². The predicted molar refractivity (Wildman–Crippen MR) is 171 cm³/mol. The van der Waals surface area contributed by atoms with Crippen molar-refractivity contribution in [2.45, 2.75) is 50.7 Å². The van der Waals surface area contributed by atoms with Gasteiger partial charge >= 0.3 is 0 Å². The van der Waals surface area contributed by atoms with Crippen molar-refractivity contribution in [2.24, 2.45) is 0 Å². The zero-order valence-corrected chi connectivity index (χ0v) is 26.4. The molecule has 1 atom stereocenters. The van der Waals surface area contributed by atoms with Crippen molar-refractivity contribution in [1.82, 2.24) is 10.2 Å². The molecule has 230 valence electrons. The van der Waals surface area contributed by atoms with Gasteiger partial charge in [-0.3, -0.25) is 13.9 Å². The van der Waals surface area contributed by atoms with Crippen LogP contribution in [0.5, 0.6) is 0 Å². The van der Waals surface area contributed by atoms with E-state index in [-0.39, 0.29) is 35.5 Å². The highest BCUT2D eigenvalue weighted by atomic mass is 35.5. The molecular weight excluding hydrogens is 601 g/mol. The van der Waals surface area contributed by atoms with E-state index in [2.05, 4.69) is 5.32 Å². The Morgan fingerprint density at radius 2 is 1.50 bits per heavy atom. The number of nitrogens with one attached hydrogen (secondary N) is 1. The van der Waals surface area contributed by atoms with Crippen LogP contribution < -0.4 is 9.62 Å². The number of rotatable bonds is 12. The molecule has 0 bridgehead atoms. The summed E-state index contributed by atoms with van der Waals surface area (Å²) in [6, 6.07) is 26.2. The van der Waals surface area contributed by atoms with Gasteiger partial charge in [0, 0.05) is 24.0 Å². The number of nitrogens with zero attached hydrogens (tertiary/aromatic N) is 2. The van der Waals surface area contributed by atoms with Crippen LogP contribution in [0.25, 0.3) is 0 Å². The minimum absolute atomic E-state index is 0.000737. The van der Waals surface area contributed by atoms with Gasteiger partial charge in [0.15, 0.2) is 0 Å². The average Bonchev–Trinajstić information content (AvgIpc) is 2.98. The Bertz CT molecular complexity index is 1680. The molecular formula is C34H35ClFN3O4S. The van der Waals surface area contributed by atoms with Gasteiger partial charge in [-0.25, -0.2) is 12.8 Å². The average molecular weight is 636 g/mol. The second-order valence-corrected chi connectivity index (χ2v) is 13.1. The number of carbonyl (C=O) groups excluding carboxylic acids is 2. The largest absolute Gasteiger partial charge is 0.352 e. The zero-order valence-electron chi connectivity index (χ0n) is 24.8. The van der Waals surface area contributed by atoms with Crippen molar-refractivity contribution in [2.75, 3.05) is 10.8 Å². The number of sulfonamides is 1. The summed E-state index contributed by atoms with van der Waals surface area (Å²) in [7, 11) is -4.32. The van der Waals surface area contributed by atoms with Crippen LogP contribution in [0.2, 0.25) is 5.02 Å². The van der Waals surface area contributed by atoms with Crippen LogP contribution in [0.4, 0.5) is 10.1 Å². The number of benzene rings is 4. The predicted octanol–water partition coefficient (Wildman–Crippen LogP) is 6.15. The molecule has 0 heterocycles. The molecule has 0 fully saturated rings. The first-order chi connectivity index (χ1) is 20.9. The van der Waals surface area contributed by atoms with Gasteiger partial charge in [0.05, 0.1) is 10.6 Å². The first-order valence-electron chi connectivity index (χ1n) is 14.2. The van der Waals surface area contributed by atoms with Crippen LogP contribution in [-0.4, -0.2) is 43.8 Å². The summed E-state index contributed by atoms with van der Waals surface area (Å²) in [5, 5.41) is 3.38. The van der Waals surface area contributed by atoms with Crippen molar-refractivity contribution in [3.63, 3.8) is 0 Å². The van der Waals surface area contributed by atoms with Gasteiger partial charge in [0.25, 0.3) is 10.0 Å². The molecule has 10 heteroatoms. The Morgan fingerprint density at radius 1 is 0.864 bits per heavy atom. The second-order valence-electron chi connectivity index (χ2n) is 10.8. The topological polar surface area (TPSA) is 86.8 Å². The number of carbonyl (C=O) groups is 2. The number of hydrogen-bond donors (Lipinski definition) is 1. The van der Waals surface area contributed by atoms with E-state index >= 15 is 0 Å². The first kappa shape index (κ1) is 32.7. The second kappa shape index (κ2) is 14.5. The highest BCUT2D eigenvalue weighted by molar-refractivity contribution is 7.92. The van der Waals surface area contributed by atoms with Crippen LogP contribution in [0, 0.1) is 12.7 Å². The van der Waals surface area contributed by atoms with Crippen molar-refractivity contribution < 1.29 is 22.4 Å². The monoisotopic (exact) mass is 635 g/mol. The normalized spacial score (nSPS) is 12.0. The maximum Gasteiger partial charge on any atom is 0.264 e. The van der Waals surface area contributed by atoms with E-state index in [1.165, 1.54) is 4.90 Å². The Hall–Kier alpha value is -4.21. The SMILES string of the molecule is Cc1ccc(N(CC(=O)N(Cc2cccc(Cl)c2)[C@H](Cc2ccccc2)C(=O)NC(C)C)S(=O)(=O)c2ccc(F)cc2)cc1. The molecule has 4 rings (SSSR count). The third-order valence-corrected chi connectivity index (χ3v) is 8.97. The fourth-order valence-electron chi connectivity index (χ4n) is 4.74. The fourth-order valence-corrected chi connectivity index (χ4v) is 6.37. The first-order valence-corrected chi connectivity index (χ1v) is 16.0. The van der Waals surface area contributed by atoms with Crippen molar-refractivity contribution in [1.29, 1.82) is 0 Å². The number of amides is 2. The molecule has 44 heavy (non-hydrogen) atoms. The lowest BCUT2D eigenvalue weighted by molar-refractivity contribution is -0.140. The van der Waals surface area contributed by atoms with Gasteiger partial charge in [-0.1, -0.05) is 71.8 Å². The Morgan fingerprint density at radius 3 is 2.11 bits per heavy atom. The van der Waals surface area contributed by atoms with Gasteiger partial charge in [-0.2, -0.15) is 0 Å². The van der Waals surface area contributed by atoms with E-state index in [0.717, 1.165) is 39.7 Å². The van der Waals surface area contributed by atoms with Crippen LogP contribution in [0.3, 0.4) is 0 Å². The quantitative estimate of drug-likeness (QED) is 0.202. The fraction of sp³-hybridized carbons (Fsp3) is 0.235. The zero-order chi connectivity index (χ0) is 31.9. The highest BCUT2D eigenvalue weighted by Crippen LogP contribution is 2.26. The van der Waals surface area contributed by atoms with Crippen molar-refractivity contribution in [3.05, 3.63) is 131 Å². The summed E-state index contributed by atoms with van der Waals surface area (Å²) in [4.78, 5) is 29.3. The number of anilines is 1.